The van der Waals surface area contributed by atoms with Gasteiger partial charge in [-0.3, -0.25) is 0 Å². The average molecular weight is 185 g/mol. The van der Waals surface area contributed by atoms with Crippen LogP contribution in [0, 0.1) is 0 Å². The molecule has 0 aromatic carbocycles. The van der Waals surface area contributed by atoms with Gasteiger partial charge in [-0.15, -0.1) is 0 Å². The lowest BCUT2D eigenvalue weighted by Gasteiger charge is -2.24. The molecule has 0 bridgehead atoms. The van der Waals surface area contributed by atoms with Crippen LogP contribution in [0.3, 0.4) is 0 Å². The maximum absolute atomic E-state index is 6.17. The minimum absolute atomic E-state index is 0.0252. The van der Waals surface area contributed by atoms with Crippen LogP contribution in [0.15, 0.2) is 0 Å². The molecule has 2 N–H and O–H groups in total. The van der Waals surface area contributed by atoms with Gasteiger partial charge >= 0.3 is 0 Å². The van der Waals surface area contributed by atoms with Crippen molar-refractivity contribution in [2.45, 2.75) is 43.7 Å². The van der Waals surface area contributed by atoms with Crippen LogP contribution >= 0.6 is 0 Å². The minimum Gasteiger partial charge on any atom is -0.379 e. The third-order valence-corrected chi connectivity index (χ3v) is 3.09. The van der Waals surface area contributed by atoms with E-state index in [9.17, 15) is 0 Å². The summed E-state index contributed by atoms with van der Waals surface area (Å²) in [4.78, 5) is 0. The van der Waals surface area contributed by atoms with E-state index in [1.165, 1.54) is 12.8 Å². The highest BCUT2D eigenvalue weighted by molar-refractivity contribution is 4.89. The van der Waals surface area contributed by atoms with E-state index in [0.717, 1.165) is 39.1 Å². The normalized spacial score (nSPS) is 32.5. The summed E-state index contributed by atoms with van der Waals surface area (Å²) in [6.45, 7) is 2.33. The van der Waals surface area contributed by atoms with E-state index in [2.05, 4.69) is 0 Å². The Morgan fingerprint density at radius 1 is 1.38 bits per heavy atom. The Morgan fingerprint density at radius 2 is 2.15 bits per heavy atom. The molecule has 2 aliphatic rings. The Balaban J connectivity index is 1.71. The van der Waals surface area contributed by atoms with Gasteiger partial charge in [0.25, 0.3) is 0 Å². The van der Waals surface area contributed by atoms with Crippen LogP contribution in [0.2, 0.25) is 0 Å². The Hall–Kier alpha value is -0.120. The number of hydrogen-bond acceptors (Lipinski definition) is 3. The lowest BCUT2D eigenvalue weighted by molar-refractivity contribution is 0.0148. The standard InChI is InChI=1S/C10H19NO2/c11-10(4-1-2-5-10)8-13-9-3-6-12-7-9/h9H,1-8,11H2. The van der Waals surface area contributed by atoms with Gasteiger partial charge in [0.1, 0.15) is 0 Å². The van der Waals surface area contributed by atoms with Crippen LogP contribution in [-0.2, 0) is 9.47 Å². The molecule has 13 heavy (non-hydrogen) atoms. The van der Waals surface area contributed by atoms with Crippen molar-refractivity contribution in [3.05, 3.63) is 0 Å². The largest absolute Gasteiger partial charge is 0.379 e. The SMILES string of the molecule is NC1(COC2CCOC2)CCCC1. The van der Waals surface area contributed by atoms with Crippen LogP contribution in [0.4, 0.5) is 0 Å². The molecule has 1 aliphatic heterocycles. The second-order valence-electron chi connectivity index (χ2n) is 4.37. The second-order valence-corrected chi connectivity index (χ2v) is 4.37. The molecule has 1 unspecified atom stereocenters. The molecule has 2 rings (SSSR count). The fourth-order valence-corrected chi connectivity index (χ4v) is 2.15. The summed E-state index contributed by atoms with van der Waals surface area (Å²) in [5.41, 5.74) is 6.15. The molecule has 1 heterocycles. The van der Waals surface area contributed by atoms with Crippen LogP contribution in [0.5, 0.6) is 0 Å². The number of rotatable bonds is 3. The van der Waals surface area contributed by atoms with Crippen molar-refractivity contribution in [1.82, 2.24) is 0 Å². The van der Waals surface area contributed by atoms with Crippen molar-refractivity contribution >= 4 is 0 Å². The lowest BCUT2D eigenvalue weighted by atomic mass is 10.0. The highest BCUT2D eigenvalue weighted by atomic mass is 16.5. The van der Waals surface area contributed by atoms with Crippen molar-refractivity contribution in [3.8, 4) is 0 Å². The summed E-state index contributed by atoms with van der Waals surface area (Å²) >= 11 is 0. The van der Waals surface area contributed by atoms with Gasteiger partial charge in [-0.2, -0.15) is 0 Å². The molecule has 1 atom stereocenters. The molecule has 0 aromatic rings. The molecule has 3 nitrogen and oxygen atoms in total. The van der Waals surface area contributed by atoms with E-state index >= 15 is 0 Å². The van der Waals surface area contributed by atoms with E-state index in [1.807, 2.05) is 0 Å². The first-order chi connectivity index (χ1) is 6.29. The predicted molar refractivity (Wildman–Crippen MR) is 50.6 cm³/mol. The van der Waals surface area contributed by atoms with Crippen molar-refractivity contribution in [1.29, 1.82) is 0 Å². The Kier molecular flexibility index (Phi) is 2.86. The van der Waals surface area contributed by atoms with Gasteiger partial charge in [-0.25, -0.2) is 0 Å². The third kappa shape index (κ3) is 2.42. The molecule has 1 saturated heterocycles. The van der Waals surface area contributed by atoms with Crippen LogP contribution in [0.25, 0.3) is 0 Å². The number of hydrogen-bond donors (Lipinski definition) is 1. The first kappa shape index (κ1) is 9.44. The van der Waals surface area contributed by atoms with Crippen LogP contribution in [0.1, 0.15) is 32.1 Å². The fourth-order valence-electron chi connectivity index (χ4n) is 2.15. The minimum atomic E-state index is -0.0252. The van der Waals surface area contributed by atoms with Crippen molar-refractivity contribution in [3.63, 3.8) is 0 Å². The predicted octanol–water partition coefficient (Wildman–Crippen LogP) is 1.06. The molecule has 2 fully saturated rings. The molecule has 1 saturated carbocycles. The van der Waals surface area contributed by atoms with E-state index < -0.39 is 0 Å². The van der Waals surface area contributed by atoms with E-state index in [1.54, 1.807) is 0 Å². The van der Waals surface area contributed by atoms with Gasteiger partial charge in [0.15, 0.2) is 0 Å². The zero-order chi connectivity index (χ0) is 9.15. The third-order valence-electron chi connectivity index (χ3n) is 3.09. The maximum atomic E-state index is 6.17. The van der Waals surface area contributed by atoms with Gasteiger partial charge < -0.3 is 15.2 Å². The summed E-state index contributed by atoms with van der Waals surface area (Å²) in [5, 5.41) is 0. The van der Waals surface area contributed by atoms with E-state index in [-0.39, 0.29) is 5.54 Å². The van der Waals surface area contributed by atoms with E-state index in [4.69, 9.17) is 15.2 Å². The first-order valence-electron chi connectivity index (χ1n) is 5.27. The summed E-state index contributed by atoms with van der Waals surface area (Å²) in [7, 11) is 0. The van der Waals surface area contributed by atoms with Crippen LogP contribution < -0.4 is 5.73 Å². The van der Waals surface area contributed by atoms with Crippen LogP contribution in [-0.4, -0.2) is 31.5 Å². The molecular formula is C10H19NO2. The van der Waals surface area contributed by atoms with Crippen molar-refractivity contribution in [2.24, 2.45) is 5.73 Å². The van der Waals surface area contributed by atoms with Gasteiger partial charge in [0, 0.05) is 12.1 Å². The highest BCUT2D eigenvalue weighted by Gasteiger charge is 2.31. The monoisotopic (exact) mass is 185 g/mol. The summed E-state index contributed by atoms with van der Waals surface area (Å²) in [6.07, 6.45) is 6.13. The van der Waals surface area contributed by atoms with Gasteiger partial charge in [-0.1, -0.05) is 12.8 Å². The number of nitrogens with two attached hydrogens (primary N) is 1. The average Bonchev–Trinajstić information content (AvgIpc) is 2.72. The van der Waals surface area contributed by atoms with Gasteiger partial charge in [0.2, 0.25) is 0 Å². The Bertz CT molecular complexity index is 160. The zero-order valence-corrected chi connectivity index (χ0v) is 8.13. The quantitative estimate of drug-likeness (QED) is 0.715. The smallest absolute Gasteiger partial charge is 0.0831 e. The topological polar surface area (TPSA) is 44.5 Å². The first-order valence-corrected chi connectivity index (χ1v) is 5.27. The number of ether oxygens (including phenoxy) is 2. The van der Waals surface area contributed by atoms with Crippen molar-refractivity contribution in [2.75, 3.05) is 19.8 Å². The van der Waals surface area contributed by atoms with E-state index in [0.29, 0.717) is 6.10 Å². The molecule has 0 amide bonds. The molecule has 0 spiro atoms. The molecule has 0 radical (unpaired) electrons. The molecule has 3 heteroatoms. The summed E-state index contributed by atoms with van der Waals surface area (Å²) in [6, 6.07) is 0. The molecule has 0 aromatic heterocycles. The summed E-state index contributed by atoms with van der Waals surface area (Å²) < 4.78 is 11.0. The zero-order valence-electron chi connectivity index (χ0n) is 8.13. The highest BCUT2D eigenvalue weighted by Crippen LogP contribution is 2.28. The Morgan fingerprint density at radius 3 is 2.77 bits per heavy atom. The maximum Gasteiger partial charge on any atom is 0.0831 e. The molecule has 76 valence electrons. The lowest BCUT2D eigenvalue weighted by Crippen LogP contribution is -2.42. The van der Waals surface area contributed by atoms with Crippen molar-refractivity contribution < 1.29 is 9.47 Å². The van der Waals surface area contributed by atoms with Gasteiger partial charge in [-0.05, 0) is 19.3 Å². The second kappa shape index (κ2) is 3.95. The molecular weight excluding hydrogens is 166 g/mol. The Labute approximate surface area is 79.6 Å². The molecule has 1 aliphatic carbocycles. The fraction of sp³-hybridized carbons (Fsp3) is 1.00. The van der Waals surface area contributed by atoms with Gasteiger partial charge in [0.05, 0.1) is 19.3 Å². The summed E-state index contributed by atoms with van der Waals surface area (Å²) in [5.74, 6) is 0.